The van der Waals surface area contributed by atoms with E-state index in [1.54, 1.807) is 24.0 Å². The van der Waals surface area contributed by atoms with Gasteiger partial charge in [0.15, 0.2) is 0 Å². The molecule has 0 radical (unpaired) electrons. The standard InChI is InChI=1S/C21H16ClNO2S/c1-14-2-7-17(8-3-14)26-18-9-4-15(5-10-18)13-23-20-12-16(21(24)25)6-11-19(20)22/h2-13H,1H3,(H,24,25). The molecule has 0 saturated heterocycles. The zero-order valence-corrected chi connectivity index (χ0v) is 15.6. The Morgan fingerprint density at radius 1 is 1.00 bits per heavy atom. The van der Waals surface area contributed by atoms with E-state index < -0.39 is 5.97 Å². The first-order valence-corrected chi connectivity index (χ1v) is 9.12. The molecule has 0 saturated carbocycles. The quantitative estimate of drug-likeness (QED) is 0.531. The van der Waals surface area contributed by atoms with E-state index in [0.29, 0.717) is 10.7 Å². The van der Waals surface area contributed by atoms with Gasteiger partial charge in [-0.15, -0.1) is 0 Å². The summed E-state index contributed by atoms with van der Waals surface area (Å²) in [5.74, 6) is -1.00. The van der Waals surface area contributed by atoms with Crippen LogP contribution in [0.2, 0.25) is 5.02 Å². The molecule has 0 aliphatic carbocycles. The molecule has 3 nitrogen and oxygen atoms in total. The summed E-state index contributed by atoms with van der Waals surface area (Å²) in [5.41, 5.74) is 2.75. The molecule has 26 heavy (non-hydrogen) atoms. The second-order valence-corrected chi connectivity index (χ2v) is 7.27. The third-order valence-corrected chi connectivity index (χ3v) is 5.02. The zero-order chi connectivity index (χ0) is 18.5. The van der Waals surface area contributed by atoms with Crippen molar-refractivity contribution in [3.63, 3.8) is 0 Å². The molecule has 0 heterocycles. The van der Waals surface area contributed by atoms with E-state index in [0.717, 1.165) is 10.5 Å². The van der Waals surface area contributed by atoms with Crippen molar-refractivity contribution in [1.82, 2.24) is 0 Å². The lowest BCUT2D eigenvalue weighted by Gasteiger charge is -2.03. The summed E-state index contributed by atoms with van der Waals surface area (Å²) in [6, 6.07) is 20.9. The first kappa shape index (κ1) is 18.2. The number of carboxylic acids is 1. The highest BCUT2D eigenvalue weighted by Crippen LogP contribution is 2.28. The Morgan fingerprint density at radius 2 is 1.62 bits per heavy atom. The Morgan fingerprint density at radius 3 is 2.23 bits per heavy atom. The van der Waals surface area contributed by atoms with E-state index in [1.807, 2.05) is 24.3 Å². The molecule has 0 amide bonds. The maximum absolute atomic E-state index is 11.0. The maximum atomic E-state index is 11.0. The predicted molar refractivity (Wildman–Crippen MR) is 107 cm³/mol. The minimum Gasteiger partial charge on any atom is -0.478 e. The van der Waals surface area contributed by atoms with Crippen LogP contribution in [0, 0.1) is 6.92 Å². The van der Waals surface area contributed by atoms with Crippen molar-refractivity contribution < 1.29 is 9.90 Å². The Kier molecular flexibility index (Phi) is 5.76. The molecule has 3 rings (SSSR count). The molecule has 130 valence electrons. The lowest BCUT2D eigenvalue weighted by molar-refractivity contribution is 0.0697. The third kappa shape index (κ3) is 4.75. The van der Waals surface area contributed by atoms with Crippen LogP contribution in [0.1, 0.15) is 21.5 Å². The molecule has 5 heteroatoms. The van der Waals surface area contributed by atoms with Crippen LogP contribution in [-0.2, 0) is 0 Å². The highest BCUT2D eigenvalue weighted by molar-refractivity contribution is 7.99. The Labute approximate surface area is 161 Å². The molecule has 1 N–H and O–H groups in total. The molecule has 0 aliphatic heterocycles. The average molecular weight is 382 g/mol. The van der Waals surface area contributed by atoms with Gasteiger partial charge in [0.05, 0.1) is 16.3 Å². The van der Waals surface area contributed by atoms with Crippen molar-refractivity contribution >= 4 is 41.2 Å². The molecular formula is C21H16ClNO2S. The molecule has 0 unspecified atom stereocenters. The van der Waals surface area contributed by atoms with Gasteiger partial charge in [-0.05, 0) is 55.0 Å². The van der Waals surface area contributed by atoms with E-state index in [9.17, 15) is 4.79 Å². The summed E-state index contributed by atoms with van der Waals surface area (Å²) in [6.45, 7) is 2.07. The highest BCUT2D eigenvalue weighted by Gasteiger charge is 2.06. The number of aryl methyl sites for hydroxylation is 1. The smallest absolute Gasteiger partial charge is 0.335 e. The Bertz CT molecular complexity index is 951. The number of carboxylic acid groups (broad SMARTS) is 1. The first-order chi connectivity index (χ1) is 12.5. The summed E-state index contributed by atoms with van der Waals surface area (Å²) >= 11 is 7.78. The Balaban J connectivity index is 1.73. The van der Waals surface area contributed by atoms with Crippen LogP contribution >= 0.6 is 23.4 Å². The fourth-order valence-corrected chi connectivity index (χ4v) is 3.24. The Hall–Kier alpha value is -2.56. The van der Waals surface area contributed by atoms with E-state index in [4.69, 9.17) is 16.7 Å². The van der Waals surface area contributed by atoms with Crippen molar-refractivity contribution in [2.24, 2.45) is 4.99 Å². The van der Waals surface area contributed by atoms with Crippen LogP contribution in [-0.4, -0.2) is 17.3 Å². The number of carbonyl (C=O) groups is 1. The van der Waals surface area contributed by atoms with E-state index in [-0.39, 0.29) is 5.56 Å². The van der Waals surface area contributed by atoms with Crippen molar-refractivity contribution in [2.45, 2.75) is 16.7 Å². The fraction of sp³-hybridized carbons (Fsp3) is 0.0476. The normalized spacial score (nSPS) is 11.0. The van der Waals surface area contributed by atoms with Gasteiger partial charge in [-0.25, -0.2) is 4.79 Å². The average Bonchev–Trinajstić information content (AvgIpc) is 2.64. The second-order valence-electron chi connectivity index (χ2n) is 5.71. The van der Waals surface area contributed by atoms with E-state index in [2.05, 4.69) is 36.2 Å². The predicted octanol–water partition coefficient (Wildman–Crippen LogP) is 6.25. The number of hydrogen-bond donors (Lipinski definition) is 1. The molecule has 0 atom stereocenters. The van der Waals surface area contributed by atoms with Gasteiger partial charge in [-0.1, -0.05) is 53.2 Å². The SMILES string of the molecule is Cc1ccc(Sc2ccc(C=Nc3cc(C(=O)O)ccc3Cl)cc2)cc1. The van der Waals surface area contributed by atoms with Crippen LogP contribution in [0.25, 0.3) is 0 Å². The lowest BCUT2D eigenvalue weighted by atomic mass is 10.2. The van der Waals surface area contributed by atoms with Gasteiger partial charge in [0.1, 0.15) is 0 Å². The molecule has 3 aromatic carbocycles. The molecule has 0 spiro atoms. The number of nitrogens with zero attached hydrogens (tertiary/aromatic N) is 1. The molecule has 0 aromatic heterocycles. The van der Waals surface area contributed by atoms with Crippen LogP contribution in [0.5, 0.6) is 0 Å². The summed E-state index contributed by atoms with van der Waals surface area (Å²) in [5, 5.41) is 9.47. The molecule has 0 fully saturated rings. The van der Waals surface area contributed by atoms with Crippen LogP contribution in [0.15, 0.2) is 81.5 Å². The van der Waals surface area contributed by atoms with Crippen molar-refractivity contribution in [1.29, 1.82) is 0 Å². The topological polar surface area (TPSA) is 49.7 Å². The number of hydrogen-bond acceptors (Lipinski definition) is 3. The first-order valence-electron chi connectivity index (χ1n) is 7.93. The summed E-state index contributed by atoms with van der Waals surface area (Å²) in [7, 11) is 0. The molecule has 3 aromatic rings. The maximum Gasteiger partial charge on any atom is 0.335 e. The van der Waals surface area contributed by atoms with Crippen molar-refractivity contribution in [2.75, 3.05) is 0 Å². The van der Waals surface area contributed by atoms with Crippen LogP contribution in [0.4, 0.5) is 5.69 Å². The van der Waals surface area contributed by atoms with E-state index >= 15 is 0 Å². The van der Waals surface area contributed by atoms with Crippen LogP contribution < -0.4 is 0 Å². The number of aromatic carboxylic acids is 1. The van der Waals surface area contributed by atoms with Gasteiger partial charge in [-0.2, -0.15) is 0 Å². The van der Waals surface area contributed by atoms with Gasteiger partial charge >= 0.3 is 5.97 Å². The number of aliphatic imine (C=N–C) groups is 1. The minimum absolute atomic E-state index is 0.159. The summed E-state index contributed by atoms with van der Waals surface area (Å²) < 4.78 is 0. The summed E-state index contributed by atoms with van der Waals surface area (Å²) in [6.07, 6.45) is 1.67. The van der Waals surface area contributed by atoms with Gasteiger partial charge in [0.25, 0.3) is 0 Å². The van der Waals surface area contributed by atoms with E-state index in [1.165, 1.54) is 22.6 Å². The molecule has 0 bridgehead atoms. The summed E-state index contributed by atoms with van der Waals surface area (Å²) in [4.78, 5) is 17.7. The monoisotopic (exact) mass is 381 g/mol. The number of halogens is 1. The van der Waals surface area contributed by atoms with Gasteiger partial charge < -0.3 is 5.11 Å². The zero-order valence-electron chi connectivity index (χ0n) is 14.0. The fourth-order valence-electron chi connectivity index (χ4n) is 2.25. The number of rotatable bonds is 5. The third-order valence-electron chi connectivity index (χ3n) is 3.68. The number of benzene rings is 3. The van der Waals surface area contributed by atoms with Gasteiger partial charge in [-0.3, -0.25) is 4.99 Å². The largest absolute Gasteiger partial charge is 0.478 e. The second kappa shape index (κ2) is 8.21. The highest BCUT2D eigenvalue weighted by atomic mass is 35.5. The molecule has 0 aliphatic rings. The van der Waals surface area contributed by atoms with Gasteiger partial charge in [0, 0.05) is 16.0 Å². The van der Waals surface area contributed by atoms with Crippen molar-refractivity contribution in [3.05, 3.63) is 88.4 Å². The van der Waals surface area contributed by atoms with Crippen molar-refractivity contribution in [3.8, 4) is 0 Å². The molecular weight excluding hydrogens is 366 g/mol. The van der Waals surface area contributed by atoms with Gasteiger partial charge in [0.2, 0.25) is 0 Å². The lowest BCUT2D eigenvalue weighted by Crippen LogP contribution is -1.95. The van der Waals surface area contributed by atoms with Crippen LogP contribution in [0.3, 0.4) is 0 Å². The minimum atomic E-state index is -1.00.